The molecule has 2 aromatic carbocycles. The van der Waals surface area contributed by atoms with E-state index in [0.29, 0.717) is 24.5 Å². The number of nitrogens with two attached hydrogens (primary N) is 1. The first kappa shape index (κ1) is 19.2. The van der Waals surface area contributed by atoms with Crippen molar-refractivity contribution in [1.82, 2.24) is 10.3 Å². The Hall–Kier alpha value is -3.12. The summed E-state index contributed by atoms with van der Waals surface area (Å²) in [5.74, 6) is 1.27. The second-order valence-electron chi connectivity index (χ2n) is 7.40. The number of benzene rings is 2. The van der Waals surface area contributed by atoms with Crippen molar-refractivity contribution in [2.75, 3.05) is 20.3 Å². The van der Waals surface area contributed by atoms with Gasteiger partial charge in [0.05, 0.1) is 18.2 Å². The summed E-state index contributed by atoms with van der Waals surface area (Å²) in [5.41, 5.74) is 8.51. The average molecular weight is 391 g/mol. The number of nitrogens with zero attached hydrogens (tertiary/aromatic N) is 1. The van der Waals surface area contributed by atoms with Crippen molar-refractivity contribution in [3.8, 4) is 11.5 Å². The molecule has 0 unspecified atom stereocenters. The van der Waals surface area contributed by atoms with Crippen molar-refractivity contribution in [2.45, 2.75) is 25.3 Å². The Morgan fingerprint density at radius 3 is 2.76 bits per heavy atom. The third-order valence-electron chi connectivity index (χ3n) is 5.39. The molecule has 0 atom stereocenters. The Labute approximate surface area is 170 Å². The van der Waals surface area contributed by atoms with E-state index in [2.05, 4.69) is 10.3 Å². The highest BCUT2D eigenvalue weighted by Gasteiger charge is 2.47. The minimum absolute atomic E-state index is 0.113. The van der Waals surface area contributed by atoms with E-state index in [1.165, 1.54) is 0 Å². The molecular weight excluding hydrogens is 366 g/mol. The van der Waals surface area contributed by atoms with Crippen molar-refractivity contribution in [3.63, 3.8) is 0 Å². The number of carbonyl (C=O) groups excluding carboxylic acids is 1. The number of nitrogens with one attached hydrogen (secondary N) is 1. The molecular formula is C23H25N3O3. The topological polar surface area (TPSA) is 86.5 Å². The number of rotatable bonds is 7. The smallest absolute Gasteiger partial charge is 0.252 e. The number of methoxy groups -OCH3 is 1. The summed E-state index contributed by atoms with van der Waals surface area (Å²) < 4.78 is 11.1. The second-order valence-corrected chi connectivity index (χ2v) is 7.40. The predicted octanol–water partition coefficient (Wildman–Crippen LogP) is 3.31. The molecule has 0 aliphatic heterocycles. The maximum absolute atomic E-state index is 13.2. The minimum atomic E-state index is -0.409. The number of pyridine rings is 1. The van der Waals surface area contributed by atoms with Gasteiger partial charge in [-0.05, 0) is 55.2 Å². The molecule has 1 saturated carbocycles. The predicted molar refractivity (Wildman–Crippen MR) is 112 cm³/mol. The van der Waals surface area contributed by atoms with Crippen LogP contribution in [0.5, 0.6) is 11.5 Å². The van der Waals surface area contributed by atoms with Crippen LogP contribution < -0.4 is 20.5 Å². The van der Waals surface area contributed by atoms with Crippen LogP contribution >= 0.6 is 0 Å². The maximum Gasteiger partial charge on any atom is 0.252 e. The first-order valence-corrected chi connectivity index (χ1v) is 9.75. The van der Waals surface area contributed by atoms with E-state index in [9.17, 15) is 4.79 Å². The normalized spacial score (nSPS) is 14.4. The lowest BCUT2D eigenvalue weighted by molar-refractivity contribution is 0.0930. The number of ether oxygens (including phenoxy) is 2. The summed E-state index contributed by atoms with van der Waals surface area (Å²) in [6, 6.07) is 13.4. The molecule has 29 heavy (non-hydrogen) atoms. The third-order valence-corrected chi connectivity index (χ3v) is 5.39. The Morgan fingerprint density at radius 2 is 2.03 bits per heavy atom. The lowest BCUT2D eigenvalue weighted by atomic mass is 9.97. The van der Waals surface area contributed by atoms with Gasteiger partial charge in [-0.3, -0.25) is 9.78 Å². The number of carbonyl (C=O) groups is 1. The molecule has 1 fully saturated rings. The summed E-state index contributed by atoms with van der Waals surface area (Å²) in [5, 5.41) is 4.30. The van der Waals surface area contributed by atoms with Crippen LogP contribution in [-0.2, 0) is 5.54 Å². The molecule has 1 aliphatic carbocycles. The zero-order chi connectivity index (χ0) is 20.4. The van der Waals surface area contributed by atoms with Gasteiger partial charge in [-0.2, -0.15) is 0 Å². The molecule has 1 aliphatic rings. The summed E-state index contributed by atoms with van der Waals surface area (Å²) in [6.07, 6.45) is 3.51. The molecule has 6 heteroatoms. The van der Waals surface area contributed by atoms with Crippen molar-refractivity contribution in [3.05, 3.63) is 65.4 Å². The zero-order valence-electron chi connectivity index (χ0n) is 16.7. The number of hydrogen-bond donors (Lipinski definition) is 2. The van der Waals surface area contributed by atoms with Gasteiger partial charge in [0, 0.05) is 29.8 Å². The van der Waals surface area contributed by atoms with Crippen LogP contribution in [0.3, 0.4) is 0 Å². The number of amides is 1. The molecule has 1 amide bonds. The van der Waals surface area contributed by atoms with E-state index in [0.717, 1.165) is 40.6 Å². The molecule has 0 radical (unpaired) electrons. The molecule has 150 valence electrons. The molecule has 3 aromatic rings. The van der Waals surface area contributed by atoms with E-state index in [-0.39, 0.29) is 5.91 Å². The van der Waals surface area contributed by atoms with Gasteiger partial charge in [0.15, 0.2) is 0 Å². The van der Waals surface area contributed by atoms with Gasteiger partial charge in [0.1, 0.15) is 18.1 Å². The third kappa shape index (κ3) is 3.76. The Morgan fingerprint density at radius 1 is 1.21 bits per heavy atom. The molecule has 3 N–H and O–H groups in total. The number of aryl methyl sites for hydroxylation is 1. The second kappa shape index (κ2) is 7.72. The first-order chi connectivity index (χ1) is 14.1. The van der Waals surface area contributed by atoms with Crippen molar-refractivity contribution < 1.29 is 14.3 Å². The van der Waals surface area contributed by atoms with Crippen LogP contribution in [0.1, 0.15) is 34.3 Å². The van der Waals surface area contributed by atoms with Gasteiger partial charge in [-0.1, -0.05) is 12.1 Å². The highest BCUT2D eigenvalue weighted by molar-refractivity contribution is 5.97. The van der Waals surface area contributed by atoms with Crippen LogP contribution in [0.25, 0.3) is 10.9 Å². The van der Waals surface area contributed by atoms with E-state index < -0.39 is 5.54 Å². The fourth-order valence-corrected chi connectivity index (χ4v) is 3.65. The van der Waals surface area contributed by atoms with Crippen LogP contribution in [0, 0.1) is 6.92 Å². The van der Waals surface area contributed by atoms with Gasteiger partial charge in [0.2, 0.25) is 0 Å². The van der Waals surface area contributed by atoms with Crippen molar-refractivity contribution >= 4 is 16.8 Å². The molecule has 4 rings (SSSR count). The highest BCUT2D eigenvalue weighted by atomic mass is 16.5. The van der Waals surface area contributed by atoms with Gasteiger partial charge in [-0.25, -0.2) is 0 Å². The monoisotopic (exact) mass is 391 g/mol. The SMILES string of the molecule is COc1cc(C2(NC(=O)c3cc(OCCN)ccc3C)CC2)c2cccnc2c1. The summed E-state index contributed by atoms with van der Waals surface area (Å²) >= 11 is 0. The Bertz CT molecular complexity index is 1060. The van der Waals surface area contributed by atoms with Gasteiger partial charge in [0.25, 0.3) is 5.91 Å². The number of aromatic nitrogens is 1. The minimum Gasteiger partial charge on any atom is -0.497 e. The highest BCUT2D eigenvalue weighted by Crippen LogP contribution is 2.49. The van der Waals surface area contributed by atoms with Crippen molar-refractivity contribution in [2.24, 2.45) is 5.73 Å². The zero-order valence-corrected chi connectivity index (χ0v) is 16.7. The fraction of sp³-hybridized carbons (Fsp3) is 0.304. The molecule has 1 heterocycles. The lowest BCUT2D eigenvalue weighted by Gasteiger charge is -2.21. The maximum atomic E-state index is 13.2. The molecule has 1 aromatic heterocycles. The summed E-state index contributed by atoms with van der Waals surface area (Å²) in [6.45, 7) is 2.76. The van der Waals surface area contributed by atoms with Crippen molar-refractivity contribution in [1.29, 1.82) is 0 Å². The summed E-state index contributed by atoms with van der Waals surface area (Å²) in [7, 11) is 1.64. The van der Waals surface area contributed by atoms with Crippen LogP contribution in [0.15, 0.2) is 48.7 Å². The van der Waals surface area contributed by atoms with Crippen LogP contribution in [0.4, 0.5) is 0 Å². The Kier molecular flexibility index (Phi) is 5.11. The standard InChI is InChI=1S/C23H25N3O3/c1-15-5-6-16(29-11-9-24)12-19(15)22(27)26-23(7-8-23)20-13-17(28-2)14-21-18(20)4-3-10-25-21/h3-6,10,12-14H,7-9,11,24H2,1-2H3,(H,26,27). The number of hydrogen-bond acceptors (Lipinski definition) is 5. The Balaban J connectivity index is 1.67. The van der Waals surface area contributed by atoms with Gasteiger partial charge in [-0.15, -0.1) is 0 Å². The number of fused-ring (bicyclic) bond motifs is 1. The van der Waals surface area contributed by atoms with Crippen LogP contribution in [0.2, 0.25) is 0 Å². The fourth-order valence-electron chi connectivity index (χ4n) is 3.65. The van der Waals surface area contributed by atoms with Gasteiger partial charge < -0.3 is 20.5 Å². The average Bonchev–Trinajstić information content (AvgIpc) is 3.52. The molecule has 0 saturated heterocycles. The van der Waals surface area contributed by atoms with Crippen LogP contribution in [-0.4, -0.2) is 31.2 Å². The van der Waals surface area contributed by atoms with Gasteiger partial charge >= 0.3 is 0 Å². The van der Waals surface area contributed by atoms with E-state index in [1.54, 1.807) is 19.4 Å². The molecule has 6 nitrogen and oxygen atoms in total. The quantitative estimate of drug-likeness (QED) is 0.645. The first-order valence-electron chi connectivity index (χ1n) is 9.75. The van der Waals surface area contributed by atoms with E-state index in [4.69, 9.17) is 15.2 Å². The molecule has 0 bridgehead atoms. The molecule has 0 spiro atoms. The largest absolute Gasteiger partial charge is 0.497 e. The summed E-state index contributed by atoms with van der Waals surface area (Å²) in [4.78, 5) is 17.6. The lowest BCUT2D eigenvalue weighted by Crippen LogP contribution is -2.35. The van der Waals surface area contributed by atoms with E-state index in [1.807, 2.05) is 43.3 Å². The van der Waals surface area contributed by atoms with E-state index >= 15 is 0 Å².